The Morgan fingerprint density at radius 1 is 1.00 bits per heavy atom. The Morgan fingerprint density at radius 3 is 2.04 bits per heavy atom. The largest absolute Gasteiger partial charge is 0.493 e. The van der Waals surface area contributed by atoms with Gasteiger partial charge in [-0.25, -0.2) is 0 Å². The minimum atomic E-state index is 0.0108. The maximum Gasteiger partial charge on any atom is 0.224 e. The lowest BCUT2D eigenvalue weighted by Gasteiger charge is -2.20. The van der Waals surface area contributed by atoms with Gasteiger partial charge in [0.15, 0.2) is 11.5 Å². The number of para-hydroxylation sites is 1. The number of carbonyl (C=O) groups is 1. The van der Waals surface area contributed by atoms with Crippen molar-refractivity contribution in [3.8, 4) is 11.5 Å². The molecule has 2 aromatic carbocycles. The predicted octanol–water partition coefficient (Wildman–Crippen LogP) is 6.28. The third-order valence-corrected chi connectivity index (χ3v) is 5.55. The molecule has 0 aliphatic rings. The highest BCUT2D eigenvalue weighted by Gasteiger charge is 2.17. The normalized spacial score (nSPS) is 11.0. The number of carbonyl (C=O) groups excluding carboxylic acids is 1. The minimum Gasteiger partial charge on any atom is -0.493 e. The zero-order valence-corrected chi connectivity index (χ0v) is 19.1. The molecule has 4 nitrogen and oxygen atoms in total. The van der Waals surface area contributed by atoms with Gasteiger partial charge in [-0.2, -0.15) is 0 Å². The van der Waals surface area contributed by atoms with Crippen LogP contribution in [0.3, 0.4) is 0 Å². The molecule has 0 bridgehead atoms. The number of halogens is 1. The van der Waals surface area contributed by atoms with Crippen LogP contribution in [0.15, 0.2) is 34.8 Å². The number of anilines is 1. The van der Waals surface area contributed by atoms with Gasteiger partial charge in [0, 0.05) is 16.6 Å². The molecule has 0 atom stereocenters. The third kappa shape index (κ3) is 5.28. The number of benzene rings is 2. The molecule has 2 rings (SSSR count). The summed E-state index contributed by atoms with van der Waals surface area (Å²) in [6.45, 7) is 8.59. The highest BCUT2D eigenvalue weighted by atomic mass is 79.9. The second-order valence-electron chi connectivity index (χ2n) is 7.47. The van der Waals surface area contributed by atoms with E-state index < -0.39 is 0 Å². The smallest absolute Gasteiger partial charge is 0.224 e. The Balaban J connectivity index is 2.18. The Labute approximate surface area is 176 Å². The van der Waals surface area contributed by atoms with Crippen molar-refractivity contribution in [1.29, 1.82) is 0 Å². The van der Waals surface area contributed by atoms with E-state index in [1.54, 1.807) is 14.2 Å². The molecule has 5 heteroatoms. The van der Waals surface area contributed by atoms with Crippen LogP contribution in [0.1, 0.15) is 62.6 Å². The fourth-order valence-corrected chi connectivity index (χ4v) is 3.75. The molecule has 152 valence electrons. The van der Waals surface area contributed by atoms with Gasteiger partial charge in [0.05, 0.1) is 14.2 Å². The molecule has 0 heterocycles. The number of amides is 1. The van der Waals surface area contributed by atoms with Crippen molar-refractivity contribution < 1.29 is 14.3 Å². The highest BCUT2D eigenvalue weighted by Crippen LogP contribution is 2.35. The van der Waals surface area contributed by atoms with Crippen molar-refractivity contribution >= 4 is 27.5 Å². The first-order valence-corrected chi connectivity index (χ1v) is 10.4. The zero-order chi connectivity index (χ0) is 20.8. The number of aryl methyl sites for hydroxylation is 1. The van der Waals surface area contributed by atoms with Crippen molar-refractivity contribution in [2.75, 3.05) is 19.5 Å². The highest BCUT2D eigenvalue weighted by molar-refractivity contribution is 9.10. The average molecular weight is 448 g/mol. The number of hydrogen-bond acceptors (Lipinski definition) is 3. The fourth-order valence-electron chi connectivity index (χ4n) is 3.23. The molecule has 28 heavy (non-hydrogen) atoms. The third-order valence-electron chi connectivity index (χ3n) is 4.81. The Kier molecular flexibility index (Phi) is 7.93. The fraction of sp³-hybridized carbons (Fsp3) is 0.435. The van der Waals surface area contributed by atoms with Crippen LogP contribution in [0.2, 0.25) is 0 Å². The number of rotatable bonds is 8. The van der Waals surface area contributed by atoms with E-state index in [2.05, 4.69) is 67.1 Å². The summed E-state index contributed by atoms with van der Waals surface area (Å²) in [7, 11) is 3.22. The molecule has 0 radical (unpaired) electrons. The van der Waals surface area contributed by atoms with Crippen molar-refractivity contribution in [2.45, 2.75) is 52.4 Å². The van der Waals surface area contributed by atoms with E-state index in [0.717, 1.165) is 15.7 Å². The SMILES string of the molecule is COc1cc(Br)c(CCC(=O)Nc2c(C(C)C)cccc2C(C)C)cc1OC. The molecule has 0 saturated carbocycles. The van der Waals surface area contributed by atoms with Crippen molar-refractivity contribution in [1.82, 2.24) is 0 Å². The molecule has 0 fully saturated rings. The molecular weight excluding hydrogens is 418 g/mol. The molecule has 0 aromatic heterocycles. The standard InChI is InChI=1S/C23H30BrNO3/c1-14(2)17-8-7-9-18(15(3)4)23(17)25-22(26)11-10-16-12-20(27-5)21(28-6)13-19(16)24/h7-9,12-15H,10-11H2,1-6H3,(H,25,26). The van der Waals surface area contributed by atoms with Crippen molar-refractivity contribution in [3.05, 3.63) is 51.5 Å². The molecule has 0 aliphatic heterocycles. The summed E-state index contributed by atoms with van der Waals surface area (Å²) in [6.07, 6.45) is 0.992. The van der Waals surface area contributed by atoms with Gasteiger partial charge >= 0.3 is 0 Å². The summed E-state index contributed by atoms with van der Waals surface area (Å²) in [5.41, 5.74) is 4.32. The number of nitrogens with one attached hydrogen (secondary N) is 1. The van der Waals surface area contributed by atoms with Gasteiger partial charge in [0.2, 0.25) is 5.91 Å². The van der Waals surface area contributed by atoms with E-state index in [1.807, 2.05) is 12.1 Å². The summed E-state index contributed by atoms with van der Waals surface area (Å²) < 4.78 is 11.6. The minimum absolute atomic E-state index is 0.0108. The van der Waals surface area contributed by atoms with Crippen LogP contribution in [0.5, 0.6) is 11.5 Å². The average Bonchev–Trinajstić information content (AvgIpc) is 2.66. The first kappa shape index (κ1) is 22.3. The summed E-state index contributed by atoms with van der Waals surface area (Å²) in [5, 5.41) is 3.17. The zero-order valence-electron chi connectivity index (χ0n) is 17.6. The van der Waals surface area contributed by atoms with E-state index in [1.165, 1.54) is 11.1 Å². The lowest BCUT2D eigenvalue weighted by atomic mass is 9.92. The molecule has 2 aromatic rings. The van der Waals surface area contributed by atoms with Gasteiger partial charge in [0.1, 0.15) is 0 Å². The molecular formula is C23H30BrNO3. The second kappa shape index (κ2) is 9.97. The number of ether oxygens (including phenoxy) is 2. The first-order chi connectivity index (χ1) is 13.3. The Bertz CT molecular complexity index is 805. The van der Waals surface area contributed by atoms with Crippen LogP contribution in [0, 0.1) is 0 Å². The van der Waals surface area contributed by atoms with Gasteiger partial charge in [-0.3, -0.25) is 4.79 Å². The second-order valence-corrected chi connectivity index (χ2v) is 8.32. The monoisotopic (exact) mass is 447 g/mol. The van der Waals surface area contributed by atoms with E-state index in [0.29, 0.717) is 36.2 Å². The van der Waals surface area contributed by atoms with Crippen molar-refractivity contribution in [3.63, 3.8) is 0 Å². The molecule has 0 spiro atoms. The van der Waals surface area contributed by atoms with Gasteiger partial charge < -0.3 is 14.8 Å². The Morgan fingerprint density at radius 2 is 1.54 bits per heavy atom. The molecule has 1 amide bonds. The number of hydrogen-bond donors (Lipinski definition) is 1. The summed E-state index contributed by atoms with van der Waals surface area (Å²) in [5.74, 6) is 2.02. The lowest BCUT2D eigenvalue weighted by Crippen LogP contribution is -2.16. The first-order valence-electron chi connectivity index (χ1n) is 9.61. The summed E-state index contributed by atoms with van der Waals surface area (Å²) in [6, 6.07) is 10.0. The summed E-state index contributed by atoms with van der Waals surface area (Å²) >= 11 is 3.56. The van der Waals surface area contributed by atoms with Crippen LogP contribution in [-0.2, 0) is 11.2 Å². The van der Waals surface area contributed by atoms with Crippen LogP contribution in [-0.4, -0.2) is 20.1 Å². The number of methoxy groups -OCH3 is 2. The van der Waals surface area contributed by atoms with Gasteiger partial charge in [0.25, 0.3) is 0 Å². The Hall–Kier alpha value is -2.01. The van der Waals surface area contributed by atoms with E-state index in [4.69, 9.17) is 9.47 Å². The molecule has 0 unspecified atom stereocenters. The van der Waals surface area contributed by atoms with Crippen LogP contribution in [0.4, 0.5) is 5.69 Å². The maximum absolute atomic E-state index is 12.7. The molecule has 0 saturated heterocycles. The van der Waals surface area contributed by atoms with E-state index in [9.17, 15) is 4.79 Å². The molecule has 0 aliphatic carbocycles. The van der Waals surface area contributed by atoms with Crippen molar-refractivity contribution in [2.24, 2.45) is 0 Å². The van der Waals surface area contributed by atoms with Gasteiger partial charge in [-0.1, -0.05) is 61.8 Å². The maximum atomic E-state index is 12.7. The predicted molar refractivity (Wildman–Crippen MR) is 119 cm³/mol. The van der Waals surface area contributed by atoms with Gasteiger partial charge in [-0.15, -0.1) is 0 Å². The van der Waals surface area contributed by atoms with E-state index in [-0.39, 0.29) is 5.91 Å². The quantitative estimate of drug-likeness (QED) is 0.517. The van der Waals surface area contributed by atoms with Gasteiger partial charge in [-0.05, 0) is 47.1 Å². The summed E-state index contributed by atoms with van der Waals surface area (Å²) in [4.78, 5) is 12.7. The molecule has 1 N–H and O–H groups in total. The van der Waals surface area contributed by atoms with Crippen LogP contribution < -0.4 is 14.8 Å². The van der Waals surface area contributed by atoms with E-state index >= 15 is 0 Å². The van der Waals surface area contributed by atoms with Crippen LogP contribution in [0.25, 0.3) is 0 Å². The lowest BCUT2D eigenvalue weighted by molar-refractivity contribution is -0.116. The van der Waals surface area contributed by atoms with Crippen LogP contribution >= 0.6 is 15.9 Å². The topological polar surface area (TPSA) is 47.6 Å².